The highest BCUT2D eigenvalue weighted by atomic mass is 33.1. The first-order chi connectivity index (χ1) is 7.09. The second-order valence-corrected chi connectivity index (χ2v) is 5.13. The molecule has 0 aliphatic rings. The molecule has 84 valence electrons. The summed E-state index contributed by atoms with van der Waals surface area (Å²) in [5.41, 5.74) is -1.54. The minimum atomic E-state index is -2.98. The van der Waals surface area contributed by atoms with Gasteiger partial charge in [-0.1, -0.05) is 33.7 Å². The molecule has 0 aromatic heterocycles. The van der Waals surface area contributed by atoms with Gasteiger partial charge >= 0.3 is 0 Å². The van der Waals surface area contributed by atoms with E-state index in [0.29, 0.717) is 22.1 Å². The molecule has 0 nitrogen and oxygen atoms in total. The molecule has 1 unspecified atom stereocenters. The summed E-state index contributed by atoms with van der Waals surface area (Å²) in [6, 6.07) is 5.77. The van der Waals surface area contributed by atoms with Crippen LogP contribution >= 0.6 is 21.6 Å². The number of alkyl halides is 3. The maximum absolute atomic E-state index is 12.7. The summed E-state index contributed by atoms with van der Waals surface area (Å²) in [5, 5.41) is 0. The Morgan fingerprint density at radius 3 is 2.53 bits per heavy atom. The molecule has 0 saturated heterocycles. The van der Waals surface area contributed by atoms with Crippen molar-refractivity contribution in [2.24, 2.45) is 0 Å². The van der Waals surface area contributed by atoms with Gasteiger partial charge in [-0.15, -0.1) is 0 Å². The number of halogens is 4. The molecule has 1 aromatic rings. The fourth-order valence-corrected chi connectivity index (χ4v) is 2.69. The molecule has 0 spiro atoms. The normalized spacial score (nSPS) is 13.1. The fraction of sp³-hybridized carbons (Fsp3) is 0.333. The number of benzene rings is 1. The van der Waals surface area contributed by atoms with Gasteiger partial charge < -0.3 is 0 Å². The first-order valence-electron chi connectivity index (χ1n) is 4.04. The quantitative estimate of drug-likeness (QED) is 0.570. The van der Waals surface area contributed by atoms with Gasteiger partial charge in [-0.3, -0.25) is 0 Å². The van der Waals surface area contributed by atoms with Crippen LogP contribution in [0.25, 0.3) is 0 Å². The molecule has 0 fully saturated rings. The van der Waals surface area contributed by atoms with E-state index >= 15 is 0 Å². The van der Waals surface area contributed by atoms with Gasteiger partial charge in [0.15, 0.2) is 0 Å². The van der Waals surface area contributed by atoms with Crippen molar-refractivity contribution in [1.29, 1.82) is 0 Å². The minimum absolute atomic E-state index is 0.301. The van der Waals surface area contributed by atoms with Crippen molar-refractivity contribution >= 4 is 21.6 Å². The highest BCUT2D eigenvalue weighted by Gasteiger charge is 2.19. The molecule has 6 heteroatoms. The summed E-state index contributed by atoms with van der Waals surface area (Å²) in [7, 11) is 1.41. The van der Waals surface area contributed by atoms with Crippen molar-refractivity contribution in [1.82, 2.24) is 0 Å². The predicted octanol–water partition coefficient (Wildman–Crippen LogP) is 4.27. The first-order valence-corrected chi connectivity index (χ1v) is 6.43. The molecule has 0 saturated carbocycles. The van der Waals surface area contributed by atoms with E-state index in [-0.39, 0.29) is 5.82 Å². The third-order valence-electron chi connectivity index (χ3n) is 1.47. The molecule has 0 amide bonds. The topological polar surface area (TPSA) is 0 Å². The monoisotopic (exact) mass is 256 g/mol. The molecule has 0 bridgehead atoms. The fourth-order valence-electron chi connectivity index (χ4n) is 0.836. The van der Waals surface area contributed by atoms with Gasteiger partial charge in [0.1, 0.15) is 5.82 Å². The first kappa shape index (κ1) is 12.7. The summed E-state index contributed by atoms with van der Waals surface area (Å²) in [5.74, 6) is -0.0843. The van der Waals surface area contributed by atoms with Gasteiger partial charge in [0, 0.05) is 5.75 Å². The van der Waals surface area contributed by atoms with Crippen LogP contribution in [0.1, 0.15) is 5.56 Å². The Balaban J connectivity index is 2.32. The zero-order valence-corrected chi connectivity index (χ0v) is 9.13. The van der Waals surface area contributed by atoms with E-state index in [1.807, 2.05) is 0 Å². The second-order valence-electron chi connectivity index (χ2n) is 2.67. The van der Waals surface area contributed by atoms with E-state index < -0.39 is 11.9 Å². The number of hydrogen-bond acceptors (Lipinski definition) is 2. The molecule has 0 aliphatic heterocycles. The number of hydrogen-bond donors (Lipinski definition) is 0. The van der Waals surface area contributed by atoms with Crippen molar-refractivity contribution in [3.8, 4) is 0 Å². The Bertz CT molecular complexity index is 306. The lowest BCUT2D eigenvalue weighted by Crippen LogP contribution is -2.04. The highest BCUT2D eigenvalue weighted by molar-refractivity contribution is 8.76. The lowest BCUT2D eigenvalue weighted by Gasteiger charge is -2.05. The van der Waals surface area contributed by atoms with Crippen molar-refractivity contribution in [3.63, 3.8) is 0 Å². The van der Waals surface area contributed by atoms with Gasteiger partial charge in [-0.05, 0) is 17.7 Å². The van der Waals surface area contributed by atoms with Crippen molar-refractivity contribution in [2.75, 3.05) is 0 Å². The molecule has 0 radical (unpaired) electrons. The van der Waals surface area contributed by atoms with E-state index in [1.54, 1.807) is 6.07 Å². The SMILES string of the molecule is Fc1cccc(CSSC(F)C(F)F)c1. The molecule has 0 heterocycles. The molecule has 15 heavy (non-hydrogen) atoms. The van der Waals surface area contributed by atoms with Crippen LogP contribution in [-0.4, -0.2) is 11.9 Å². The van der Waals surface area contributed by atoms with Crippen LogP contribution in [0.2, 0.25) is 0 Å². The lowest BCUT2D eigenvalue weighted by atomic mass is 10.2. The van der Waals surface area contributed by atoms with E-state index in [4.69, 9.17) is 0 Å². The van der Waals surface area contributed by atoms with E-state index in [9.17, 15) is 17.6 Å². The van der Waals surface area contributed by atoms with Gasteiger partial charge in [0.25, 0.3) is 6.43 Å². The van der Waals surface area contributed by atoms with Gasteiger partial charge in [0.2, 0.25) is 5.50 Å². The van der Waals surface area contributed by atoms with Crippen LogP contribution in [-0.2, 0) is 5.75 Å². The summed E-state index contributed by atoms with van der Waals surface area (Å²) >= 11 is 0. The van der Waals surface area contributed by atoms with Crippen molar-refractivity contribution in [2.45, 2.75) is 17.7 Å². The van der Waals surface area contributed by atoms with Crippen LogP contribution in [0.4, 0.5) is 17.6 Å². The Morgan fingerprint density at radius 2 is 1.93 bits per heavy atom. The summed E-state index contributed by atoms with van der Waals surface area (Å²) < 4.78 is 48.6. The highest BCUT2D eigenvalue weighted by Crippen LogP contribution is 2.33. The van der Waals surface area contributed by atoms with Crippen molar-refractivity contribution < 1.29 is 17.6 Å². The lowest BCUT2D eigenvalue weighted by molar-refractivity contribution is 0.0960. The Morgan fingerprint density at radius 1 is 1.20 bits per heavy atom. The van der Waals surface area contributed by atoms with Crippen LogP contribution in [0.15, 0.2) is 24.3 Å². The third kappa shape index (κ3) is 4.79. The van der Waals surface area contributed by atoms with Gasteiger partial charge in [-0.2, -0.15) is 0 Å². The van der Waals surface area contributed by atoms with Crippen LogP contribution in [0.3, 0.4) is 0 Å². The standard InChI is InChI=1S/C9H8F4S2/c10-7-3-1-2-6(4-7)5-14-15-9(13)8(11)12/h1-4,8-9H,5H2. The summed E-state index contributed by atoms with van der Waals surface area (Å²) in [6.07, 6.45) is -2.98. The predicted molar refractivity (Wildman–Crippen MR) is 56.2 cm³/mol. The Labute approximate surface area is 92.8 Å². The van der Waals surface area contributed by atoms with Gasteiger partial charge in [0.05, 0.1) is 0 Å². The molecule has 0 N–H and O–H groups in total. The average Bonchev–Trinajstić information content (AvgIpc) is 2.17. The van der Waals surface area contributed by atoms with E-state index in [1.165, 1.54) is 18.2 Å². The molecule has 1 aromatic carbocycles. The smallest absolute Gasteiger partial charge is 0.228 e. The van der Waals surface area contributed by atoms with Crippen LogP contribution in [0, 0.1) is 5.82 Å². The van der Waals surface area contributed by atoms with E-state index in [0.717, 1.165) is 10.8 Å². The Hall–Kier alpha value is -0.360. The van der Waals surface area contributed by atoms with Gasteiger partial charge in [-0.25, -0.2) is 17.6 Å². The zero-order chi connectivity index (χ0) is 11.3. The number of rotatable bonds is 5. The molecular weight excluding hydrogens is 248 g/mol. The molecule has 1 rings (SSSR count). The molecule has 0 aliphatic carbocycles. The minimum Gasteiger partial charge on any atom is -0.228 e. The zero-order valence-electron chi connectivity index (χ0n) is 7.50. The largest absolute Gasteiger partial charge is 0.279 e. The Kier molecular flexibility index (Phi) is 5.31. The summed E-state index contributed by atoms with van der Waals surface area (Å²) in [4.78, 5) is 0. The maximum atomic E-state index is 12.7. The van der Waals surface area contributed by atoms with Crippen molar-refractivity contribution in [3.05, 3.63) is 35.6 Å². The third-order valence-corrected chi connectivity index (χ3v) is 3.76. The van der Waals surface area contributed by atoms with Crippen LogP contribution in [0.5, 0.6) is 0 Å². The molecule has 1 atom stereocenters. The maximum Gasteiger partial charge on any atom is 0.279 e. The molecular formula is C9H8F4S2. The van der Waals surface area contributed by atoms with Crippen LogP contribution < -0.4 is 0 Å². The second kappa shape index (κ2) is 6.27. The van der Waals surface area contributed by atoms with E-state index in [2.05, 4.69) is 0 Å². The summed E-state index contributed by atoms with van der Waals surface area (Å²) in [6.45, 7) is 0. The average molecular weight is 256 g/mol.